The van der Waals surface area contributed by atoms with E-state index in [0.717, 1.165) is 16.9 Å². The monoisotopic (exact) mass is 327 g/mol. The van der Waals surface area contributed by atoms with E-state index in [1.54, 1.807) is 0 Å². The van der Waals surface area contributed by atoms with Gasteiger partial charge >= 0.3 is 0 Å². The molecule has 1 fully saturated rings. The summed E-state index contributed by atoms with van der Waals surface area (Å²) >= 11 is 0.902. The second kappa shape index (κ2) is 5.84. The molecule has 2 heterocycles. The zero-order valence-corrected chi connectivity index (χ0v) is 12.7. The zero-order valence-electron chi connectivity index (χ0n) is 11.1. The molecular weight excluding hydrogens is 313 g/mol. The first-order valence-corrected chi connectivity index (χ1v) is 8.80. The highest BCUT2D eigenvalue weighted by Gasteiger charge is 2.37. The molecular formula is C14H14FNO3S2. The SMILES string of the molecule is O=S(=O)(c1sccc1F)N1CCOCC1c1ccccc1. The summed E-state index contributed by atoms with van der Waals surface area (Å²) in [5.74, 6) is -0.696. The van der Waals surface area contributed by atoms with Crippen molar-refractivity contribution in [3.05, 3.63) is 53.2 Å². The Bertz CT molecular complexity index is 715. The summed E-state index contributed by atoms with van der Waals surface area (Å²) in [6.07, 6.45) is 0. The number of halogens is 1. The summed E-state index contributed by atoms with van der Waals surface area (Å²) in [6, 6.07) is 10.0. The second-order valence-corrected chi connectivity index (χ2v) is 7.68. The maximum Gasteiger partial charge on any atom is 0.256 e. The van der Waals surface area contributed by atoms with Gasteiger partial charge in [-0.05, 0) is 17.0 Å². The highest BCUT2D eigenvalue weighted by Crippen LogP contribution is 2.33. The van der Waals surface area contributed by atoms with E-state index in [1.165, 1.54) is 15.8 Å². The van der Waals surface area contributed by atoms with E-state index in [-0.39, 0.29) is 17.4 Å². The average Bonchev–Trinajstić information content (AvgIpc) is 2.95. The number of thiophene rings is 1. The van der Waals surface area contributed by atoms with Crippen LogP contribution in [0.3, 0.4) is 0 Å². The molecule has 0 spiro atoms. The minimum Gasteiger partial charge on any atom is -0.378 e. The van der Waals surface area contributed by atoms with Gasteiger partial charge in [0.15, 0.2) is 10.0 Å². The van der Waals surface area contributed by atoms with E-state index in [4.69, 9.17) is 4.74 Å². The van der Waals surface area contributed by atoms with Crippen LogP contribution in [0.5, 0.6) is 0 Å². The Hall–Kier alpha value is -1.28. The molecule has 0 amide bonds. The molecule has 1 aliphatic heterocycles. The molecule has 112 valence electrons. The van der Waals surface area contributed by atoms with Crippen LogP contribution >= 0.6 is 11.3 Å². The Morgan fingerprint density at radius 1 is 1.24 bits per heavy atom. The summed E-state index contributed by atoms with van der Waals surface area (Å²) in [7, 11) is -3.85. The zero-order chi connectivity index (χ0) is 14.9. The summed E-state index contributed by atoms with van der Waals surface area (Å²) in [5, 5.41) is 1.44. The molecule has 0 bridgehead atoms. The molecule has 1 aliphatic rings. The number of morpholine rings is 1. The number of hydrogen-bond donors (Lipinski definition) is 0. The number of nitrogens with zero attached hydrogens (tertiary/aromatic N) is 1. The normalized spacial score (nSPS) is 20.5. The summed E-state index contributed by atoms with van der Waals surface area (Å²) < 4.78 is 45.6. The van der Waals surface area contributed by atoms with Gasteiger partial charge in [0.2, 0.25) is 0 Å². The minimum absolute atomic E-state index is 0.221. The first-order chi connectivity index (χ1) is 10.1. The maximum absolute atomic E-state index is 13.7. The molecule has 0 saturated carbocycles. The van der Waals surface area contributed by atoms with Gasteiger partial charge in [-0.3, -0.25) is 0 Å². The van der Waals surface area contributed by atoms with Crippen molar-refractivity contribution in [2.45, 2.75) is 10.3 Å². The average molecular weight is 327 g/mol. The second-order valence-electron chi connectivity index (χ2n) is 4.67. The highest BCUT2D eigenvalue weighted by molar-refractivity contribution is 7.91. The summed E-state index contributed by atoms with van der Waals surface area (Å²) in [4.78, 5) is 0. The van der Waals surface area contributed by atoms with E-state index >= 15 is 0 Å². The van der Waals surface area contributed by atoms with Crippen molar-refractivity contribution < 1.29 is 17.5 Å². The highest BCUT2D eigenvalue weighted by atomic mass is 32.2. The van der Waals surface area contributed by atoms with Crippen LogP contribution in [0, 0.1) is 5.82 Å². The first-order valence-electron chi connectivity index (χ1n) is 6.48. The van der Waals surface area contributed by atoms with Crippen LogP contribution in [-0.4, -0.2) is 32.5 Å². The molecule has 1 aromatic carbocycles. The van der Waals surface area contributed by atoms with E-state index in [9.17, 15) is 12.8 Å². The third kappa shape index (κ3) is 2.74. The predicted molar refractivity (Wildman–Crippen MR) is 78.2 cm³/mol. The summed E-state index contributed by atoms with van der Waals surface area (Å²) in [5.41, 5.74) is 0.845. The molecule has 1 aromatic heterocycles. The van der Waals surface area contributed by atoms with Crippen LogP contribution < -0.4 is 0 Å². The molecule has 1 saturated heterocycles. The number of hydrogen-bond acceptors (Lipinski definition) is 4. The quantitative estimate of drug-likeness (QED) is 0.871. The Labute approximate surface area is 126 Å². The third-order valence-corrected chi connectivity index (χ3v) is 6.71. The van der Waals surface area contributed by atoms with E-state index < -0.39 is 21.9 Å². The van der Waals surface area contributed by atoms with Gasteiger partial charge in [0, 0.05) is 6.54 Å². The van der Waals surface area contributed by atoms with E-state index in [2.05, 4.69) is 0 Å². The minimum atomic E-state index is -3.85. The van der Waals surface area contributed by atoms with Gasteiger partial charge in [-0.25, -0.2) is 12.8 Å². The Kier molecular flexibility index (Phi) is 4.08. The number of sulfonamides is 1. The smallest absolute Gasteiger partial charge is 0.256 e. The Morgan fingerprint density at radius 2 is 2.00 bits per heavy atom. The number of rotatable bonds is 3. The lowest BCUT2D eigenvalue weighted by Gasteiger charge is -2.34. The van der Waals surface area contributed by atoms with Crippen molar-refractivity contribution in [2.24, 2.45) is 0 Å². The van der Waals surface area contributed by atoms with Crippen molar-refractivity contribution in [1.82, 2.24) is 4.31 Å². The van der Waals surface area contributed by atoms with Crippen LogP contribution in [0.15, 0.2) is 46.0 Å². The lowest BCUT2D eigenvalue weighted by molar-refractivity contribution is 0.0321. The van der Waals surface area contributed by atoms with Gasteiger partial charge in [0.1, 0.15) is 0 Å². The fourth-order valence-electron chi connectivity index (χ4n) is 2.38. The third-order valence-electron chi connectivity index (χ3n) is 3.39. The Morgan fingerprint density at radius 3 is 2.67 bits per heavy atom. The predicted octanol–water partition coefficient (Wildman–Crippen LogP) is 2.65. The fourth-order valence-corrected chi connectivity index (χ4v) is 5.18. The van der Waals surface area contributed by atoms with Gasteiger partial charge in [0.05, 0.1) is 19.3 Å². The van der Waals surface area contributed by atoms with E-state index in [0.29, 0.717) is 6.61 Å². The van der Waals surface area contributed by atoms with Crippen LogP contribution in [0.4, 0.5) is 4.39 Å². The molecule has 4 nitrogen and oxygen atoms in total. The van der Waals surface area contributed by atoms with Gasteiger partial charge < -0.3 is 4.74 Å². The molecule has 0 N–H and O–H groups in total. The van der Waals surface area contributed by atoms with Crippen LogP contribution in [0.2, 0.25) is 0 Å². The first kappa shape index (κ1) is 14.6. The van der Waals surface area contributed by atoms with Gasteiger partial charge in [-0.15, -0.1) is 11.3 Å². The molecule has 0 aliphatic carbocycles. The Balaban J connectivity index is 2.01. The lowest BCUT2D eigenvalue weighted by Crippen LogP contribution is -2.43. The standard InChI is InChI=1S/C14H14FNO3S2/c15-12-6-9-20-14(12)21(17,18)16-7-8-19-10-13(16)11-4-2-1-3-5-11/h1-6,9,13H,7-8,10H2. The molecule has 21 heavy (non-hydrogen) atoms. The van der Waals surface area contributed by atoms with Crippen molar-refractivity contribution in [3.8, 4) is 0 Å². The largest absolute Gasteiger partial charge is 0.378 e. The van der Waals surface area contributed by atoms with Gasteiger partial charge in [0.25, 0.3) is 10.0 Å². The molecule has 3 rings (SSSR count). The molecule has 1 unspecified atom stereocenters. The number of benzene rings is 1. The van der Waals surface area contributed by atoms with Crippen molar-refractivity contribution >= 4 is 21.4 Å². The van der Waals surface area contributed by atoms with Crippen molar-refractivity contribution in [2.75, 3.05) is 19.8 Å². The molecule has 0 radical (unpaired) electrons. The molecule has 1 atom stereocenters. The molecule has 2 aromatic rings. The summed E-state index contributed by atoms with van der Waals surface area (Å²) in [6.45, 7) is 0.811. The van der Waals surface area contributed by atoms with Gasteiger partial charge in [-0.1, -0.05) is 30.3 Å². The van der Waals surface area contributed by atoms with Crippen molar-refractivity contribution in [1.29, 1.82) is 0 Å². The number of ether oxygens (including phenoxy) is 1. The van der Waals surface area contributed by atoms with Crippen LogP contribution in [-0.2, 0) is 14.8 Å². The molecule has 7 heteroatoms. The van der Waals surface area contributed by atoms with Gasteiger partial charge in [-0.2, -0.15) is 4.31 Å². The topological polar surface area (TPSA) is 46.6 Å². The van der Waals surface area contributed by atoms with Crippen molar-refractivity contribution in [3.63, 3.8) is 0 Å². The van der Waals surface area contributed by atoms with Crippen LogP contribution in [0.25, 0.3) is 0 Å². The van der Waals surface area contributed by atoms with Crippen LogP contribution in [0.1, 0.15) is 11.6 Å². The fraction of sp³-hybridized carbons (Fsp3) is 0.286. The lowest BCUT2D eigenvalue weighted by atomic mass is 10.1. The van der Waals surface area contributed by atoms with E-state index in [1.807, 2.05) is 30.3 Å². The maximum atomic E-state index is 13.7.